The van der Waals surface area contributed by atoms with E-state index in [4.69, 9.17) is 11.5 Å². The van der Waals surface area contributed by atoms with Crippen LogP contribution in [0.25, 0.3) is 0 Å². The second-order valence-electron chi connectivity index (χ2n) is 4.36. The molecule has 0 aromatic heterocycles. The normalized spacial score (nSPS) is 31.9. The fraction of sp³-hybridized carbons (Fsp3) is 0.417. The smallest absolute Gasteiger partial charge is 0.158 e. The number of carbonyl (C=O) groups is 3. The molecule has 0 aromatic rings. The lowest BCUT2D eigenvalue weighted by Crippen LogP contribution is -2.55. The monoisotopic (exact) mass is 236 g/mol. The Morgan fingerprint density at radius 2 is 1.53 bits per heavy atom. The summed E-state index contributed by atoms with van der Waals surface area (Å²) in [5, 5.41) is 0. The Hall–Kier alpha value is -1.59. The Balaban J connectivity index is 3.40. The molecule has 1 aliphatic carbocycles. The maximum absolute atomic E-state index is 11.5. The number of carbonyl (C=O) groups excluding carboxylic acids is 3. The van der Waals surface area contributed by atoms with Crippen molar-refractivity contribution in [3.63, 3.8) is 0 Å². The van der Waals surface area contributed by atoms with Crippen LogP contribution in [0.15, 0.2) is 23.8 Å². The van der Waals surface area contributed by atoms with Crippen LogP contribution in [0.2, 0.25) is 0 Å². The summed E-state index contributed by atoms with van der Waals surface area (Å²) in [6.45, 7) is 3.89. The molecule has 0 radical (unpaired) electrons. The van der Waals surface area contributed by atoms with Crippen LogP contribution in [-0.2, 0) is 14.4 Å². The predicted molar refractivity (Wildman–Crippen MR) is 63.1 cm³/mol. The van der Waals surface area contributed by atoms with Gasteiger partial charge in [0.1, 0.15) is 11.1 Å². The highest BCUT2D eigenvalue weighted by Gasteiger charge is 2.42. The summed E-state index contributed by atoms with van der Waals surface area (Å²) < 4.78 is 0. The van der Waals surface area contributed by atoms with Crippen LogP contribution < -0.4 is 11.5 Å². The zero-order chi connectivity index (χ0) is 13.4. The van der Waals surface area contributed by atoms with Gasteiger partial charge in [-0.3, -0.25) is 14.4 Å². The van der Waals surface area contributed by atoms with Crippen molar-refractivity contribution in [2.45, 2.75) is 31.8 Å². The zero-order valence-electron chi connectivity index (χ0n) is 10.1. The van der Waals surface area contributed by atoms with Gasteiger partial charge in [0.05, 0.1) is 0 Å². The molecular formula is C12H16N2O3. The van der Waals surface area contributed by atoms with Gasteiger partial charge in [-0.05, 0) is 26.8 Å². The average molecular weight is 236 g/mol. The van der Waals surface area contributed by atoms with Gasteiger partial charge >= 0.3 is 0 Å². The first-order valence-corrected chi connectivity index (χ1v) is 5.18. The maximum atomic E-state index is 11.5. The van der Waals surface area contributed by atoms with Crippen molar-refractivity contribution in [3.05, 3.63) is 23.8 Å². The summed E-state index contributed by atoms with van der Waals surface area (Å²) in [7, 11) is 0. The zero-order valence-corrected chi connectivity index (χ0v) is 10.1. The molecule has 0 aromatic carbocycles. The number of Topliss-reactive ketones (excluding diaryl/α,β-unsaturated/α-hetero) is 3. The topological polar surface area (TPSA) is 103 Å². The highest BCUT2D eigenvalue weighted by Crippen LogP contribution is 2.27. The number of hydrogen-bond acceptors (Lipinski definition) is 5. The average Bonchev–Trinajstić information content (AvgIpc) is 2.21. The summed E-state index contributed by atoms with van der Waals surface area (Å²) in [6, 6.07) is 0. The third-order valence-corrected chi connectivity index (χ3v) is 3.02. The van der Waals surface area contributed by atoms with Gasteiger partial charge < -0.3 is 11.5 Å². The van der Waals surface area contributed by atoms with E-state index in [9.17, 15) is 14.4 Å². The quantitative estimate of drug-likeness (QED) is 0.651. The molecule has 4 N–H and O–H groups in total. The second-order valence-corrected chi connectivity index (χ2v) is 4.36. The third kappa shape index (κ3) is 2.11. The lowest BCUT2D eigenvalue weighted by molar-refractivity contribution is -0.122. The van der Waals surface area contributed by atoms with Crippen molar-refractivity contribution in [1.29, 1.82) is 0 Å². The number of nitrogens with two attached hydrogens (primary N) is 2. The largest absolute Gasteiger partial charge is 0.313 e. The van der Waals surface area contributed by atoms with Gasteiger partial charge in [0.2, 0.25) is 0 Å². The molecule has 0 amide bonds. The van der Waals surface area contributed by atoms with Crippen molar-refractivity contribution >= 4 is 17.3 Å². The Bertz CT molecular complexity index is 464. The first kappa shape index (κ1) is 13.5. The van der Waals surface area contributed by atoms with Crippen LogP contribution in [0, 0.1) is 0 Å². The highest BCUT2D eigenvalue weighted by molar-refractivity contribution is 6.09. The van der Waals surface area contributed by atoms with Crippen LogP contribution in [0.1, 0.15) is 20.8 Å². The van der Waals surface area contributed by atoms with Crippen LogP contribution in [0.3, 0.4) is 0 Å². The van der Waals surface area contributed by atoms with Gasteiger partial charge in [-0.2, -0.15) is 0 Å². The minimum Gasteiger partial charge on any atom is -0.313 e. The fourth-order valence-corrected chi connectivity index (χ4v) is 1.68. The lowest BCUT2D eigenvalue weighted by Gasteiger charge is -2.33. The van der Waals surface area contributed by atoms with Crippen molar-refractivity contribution < 1.29 is 14.4 Å². The van der Waals surface area contributed by atoms with Crippen LogP contribution >= 0.6 is 0 Å². The number of hydrogen-bond donors (Lipinski definition) is 2. The molecule has 0 aliphatic heterocycles. The standard InChI is InChI=1S/C12H16N2O3/c1-7(15)10-6-11(13,8(2)16)4-5-12(10,14)9(3)17/h4-6H,13-14H2,1-3H3. The molecule has 0 saturated heterocycles. The molecule has 0 fully saturated rings. The van der Waals surface area contributed by atoms with E-state index >= 15 is 0 Å². The lowest BCUT2D eigenvalue weighted by atomic mass is 9.75. The van der Waals surface area contributed by atoms with E-state index in [1.54, 1.807) is 0 Å². The minimum atomic E-state index is -1.48. The first-order valence-electron chi connectivity index (χ1n) is 5.18. The maximum Gasteiger partial charge on any atom is 0.158 e. The number of ketones is 3. The Morgan fingerprint density at radius 1 is 1.00 bits per heavy atom. The minimum absolute atomic E-state index is 0.0604. The summed E-state index contributed by atoms with van der Waals surface area (Å²) in [6.07, 6.45) is 3.97. The van der Waals surface area contributed by atoms with Gasteiger partial charge in [-0.15, -0.1) is 0 Å². The molecule has 2 unspecified atom stereocenters. The van der Waals surface area contributed by atoms with Gasteiger partial charge in [0.25, 0.3) is 0 Å². The van der Waals surface area contributed by atoms with Gasteiger partial charge in [0.15, 0.2) is 17.3 Å². The fourth-order valence-electron chi connectivity index (χ4n) is 1.68. The number of rotatable bonds is 3. The molecule has 2 atom stereocenters. The molecular weight excluding hydrogens is 220 g/mol. The molecule has 0 bridgehead atoms. The third-order valence-electron chi connectivity index (χ3n) is 3.02. The Labute approximate surface area is 99.5 Å². The van der Waals surface area contributed by atoms with Crippen molar-refractivity contribution in [3.8, 4) is 0 Å². The summed E-state index contributed by atoms with van der Waals surface area (Å²) >= 11 is 0. The van der Waals surface area contributed by atoms with Crippen molar-refractivity contribution in [2.75, 3.05) is 0 Å². The van der Waals surface area contributed by atoms with E-state index in [2.05, 4.69) is 0 Å². The molecule has 5 nitrogen and oxygen atoms in total. The van der Waals surface area contributed by atoms with Crippen molar-refractivity contribution in [1.82, 2.24) is 0 Å². The van der Waals surface area contributed by atoms with Crippen LogP contribution in [0.4, 0.5) is 0 Å². The summed E-state index contributed by atoms with van der Waals surface area (Å²) in [4.78, 5) is 34.5. The SMILES string of the molecule is CC(=O)C1=CC(N)(C(C)=O)C=CC1(N)C(C)=O. The molecule has 92 valence electrons. The molecule has 0 heterocycles. The summed E-state index contributed by atoms with van der Waals surface area (Å²) in [5.41, 5.74) is 8.91. The van der Waals surface area contributed by atoms with E-state index in [1.165, 1.54) is 39.0 Å². The Kier molecular flexibility index (Phi) is 3.18. The van der Waals surface area contributed by atoms with E-state index < -0.39 is 11.1 Å². The van der Waals surface area contributed by atoms with Crippen LogP contribution in [0.5, 0.6) is 0 Å². The predicted octanol–water partition coefficient (Wildman–Crippen LogP) is -0.355. The molecule has 0 saturated carbocycles. The molecule has 5 heteroatoms. The van der Waals surface area contributed by atoms with Gasteiger partial charge in [-0.1, -0.05) is 12.2 Å². The molecule has 0 spiro atoms. The van der Waals surface area contributed by atoms with Crippen molar-refractivity contribution in [2.24, 2.45) is 11.5 Å². The van der Waals surface area contributed by atoms with Gasteiger partial charge in [-0.25, -0.2) is 0 Å². The van der Waals surface area contributed by atoms with E-state index in [0.29, 0.717) is 0 Å². The summed E-state index contributed by atoms with van der Waals surface area (Å²) in [5.74, 6) is -1.07. The molecule has 1 rings (SSSR count). The highest BCUT2D eigenvalue weighted by atomic mass is 16.1. The van der Waals surface area contributed by atoms with Gasteiger partial charge in [0, 0.05) is 5.57 Å². The van der Waals surface area contributed by atoms with E-state index in [-0.39, 0.29) is 22.9 Å². The first-order chi connectivity index (χ1) is 7.63. The second kappa shape index (κ2) is 4.01. The molecule has 17 heavy (non-hydrogen) atoms. The Morgan fingerprint density at radius 3 is 1.88 bits per heavy atom. The van der Waals surface area contributed by atoms with E-state index in [0.717, 1.165) is 0 Å². The van der Waals surface area contributed by atoms with E-state index in [1.807, 2.05) is 0 Å². The van der Waals surface area contributed by atoms with Crippen LogP contribution in [-0.4, -0.2) is 28.4 Å². The molecule has 1 aliphatic rings.